The first-order valence-electron chi connectivity index (χ1n) is 6.96. The molecule has 1 aliphatic rings. The number of fused-ring (bicyclic) bond motifs is 1. The lowest BCUT2D eigenvalue weighted by Crippen LogP contribution is -2.35. The van der Waals surface area contributed by atoms with Gasteiger partial charge in [0, 0.05) is 12.2 Å². The standard InChI is InChI=1S/C16H18N2O2S/c1-12-4-2-6-15(10-12)21(19,20)18-9-3-5-13-7-8-14(17)11-16(13)18/h2,4,6-8,10-11H,3,5,9,17H2,1H3. The van der Waals surface area contributed by atoms with E-state index in [0.717, 1.165) is 24.0 Å². The average molecular weight is 302 g/mol. The monoisotopic (exact) mass is 302 g/mol. The third-order valence-electron chi connectivity index (χ3n) is 3.76. The van der Waals surface area contributed by atoms with E-state index in [1.807, 2.05) is 25.1 Å². The summed E-state index contributed by atoms with van der Waals surface area (Å²) in [6, 6.07) is 12.5. The van der Waals surface area contributed by atoms with E-state index in [4.69, 9.17) is 5.73 Å². The molecule has 21 heavy (non-hydrogen) atoms. The molecule has 3 rings (SSSR count). The quantitative estimate of drug-likeness (QED) is 0.868. The molecule has 0 amide bonds. The molecular weight excluding hydrogens is 284 g/mol. The first-order valence-corrected chi connectivity index (χ1v) is 8.40. The molecule has 0 atom stereocenters. The first-order chi connectivity index (χ1) is 9.98. The molecule has 0 saturated heterocycles. The molecule has 0 fully saturated rings. The Bertz CT molecular complexity index is 785. The normalized spacial score (nSPS) is 14.8. The van der Waals surface area contributed by atoms with Crippen molar-refractivity contribution in [1.29, 1.82) is 0 Å². The van der Waals surface area contributed by atoms with Gasteiger partial charge >= 0.3 is 0 Å². The van der Waals surface area contributed by atoms with Crippen molar-refractivity contribution in [3.8, 4) is 0 Å². The van der Waals surface area contributed by atoms with Gasteiger partial charge in [-0.05, 0) is 55.2 Å². The minimum Gasteiger partial charge on any atom is -0.399 e. The maximum atomic E-state index is 12.9. The number of nitrogen functional groups attached to an aromatic ring is 1. The number of aryl methyl sites for hydroxylation is 2. The number of benzene rings is 2. The van der Waals surface area contributed by atoms with Crippen LogP contribution in [0.4, 0.5) is 11.4 Å². The van der Waals surface area contributed by atoms with Crippen molar-refractivity contribution in [1.82, 2.24) is 0 Å². The van der Waals surface area contributed by atoms with Crippen molar-refractivity contribution in [2.75, 3.05) is 16.6 Å². The molecule has 0 spiro atoms. The number of sulfonamides is 1. The van der Waals surface area contributed by atoms with Crippen molar-refractivity contribution < 1.29 is 8.42 Å². The largest absolute Gasteiger partial charge is 0.399 e. The molecule has 2 aromatic carbocycles. The van der Waals surface area contributed by atoms with E-state index in [1.54, 1.807) is 24.3 Å². The Kier molecular flexibility index (Phi) is 3.37. The average Bonchev–Trinajstić information content (AvgIpc) is 2.46. The van der Waals surface area contributed by atoms with Gasteiger partial charge < -0.3 is 5.73 Å². The van der Waals surface area contributed by atoms with Crippen molar-refractivity contribution in [2.24, 2.45) is 0 Å². The maximum Gasteiger partial charge on any atom is 0.264 e. The molecule has 2 aromatic rings. The van der Waals surface area contributed by atoms with Crippen LogP contribution in [0.1, 0.15) is 17.5 Å². The van der Waals surface area contributed by atoms with Gasteiger partial charge in [-0.1, -0.05) is 18.2 Å². The molecule has 0 aromatic heterocycles. The van der Waals surface area contributed by atoms with Crippen molar-refractivity contribution in [3.05, 3.63) is 53.6 Å². The van der Waals surface area contributed by atoms with E-state index in [9.17, 15) is 8.42 Å². The molecule has 2 N–H and O–H groups in total. The van der Waals surface area contributed by atoms with Gasteiger partial charge in [-0.25, -0.2) is 8.42 Å². The molecule has 0 aliphatic carbocycles. The molecule has 110 valence electrons. The second-order valence-corrected chi connectivity index (χ2v) is 7.25. The molecule has 4 nitrogen and oxygen atoms in total. The van der Waals surface area contributed by atoms with E-state index in [0.29, 0.717) is 22.8 Å². The number of nitrogens with two attached hydrogens (primary N) is 1. The van der Waals surface area contributed by atoms with Gasteiger partial charge in [0.05, 0.1) is 10.6 Å². The molecule has 1 aliphatic heterocycles. The highest BCUT2D eigenvalue weighted by Gasteiger charge is 2.29. The van der Waals surface area contributed by atoms with Crippen molar-refractivity contribution >= 4 is 21.4 Å². The van der Waals surface area contributed by atoms with Crippen LogP contribution in [0.25, 0.3) is 0 Å². The Balaban J connectivity index is 2.11. The van der Waals surface area contributed by atoms with Crippen LogP contribution in [-0.2, 0) is 16.4 Å². The minimum atomic E-state index is -3.54. The van der Waals surface area contributed by atoms with Gasteiger partial charge in [-0.3, -0.25) is 4.31 Å². The fraction of sp³-hybridized carbons (Fsp3) is 0.250. The lowest BCUT2D eigenvalue weighted by atomic mass is 10.0. The molecule has 0 bridgehead atoms. The fourth-order valence-electron chi connectivity index (χ4n) is 2.71. The van der Waals surface area contributed by atoms with E-state index < -0.39 is 10.0 Å². The minimum absolute atomic E-state index is 0.331. The topological polar surface area (TPSA) is 63.4 Å². The summed E-state index contributed by atoms with van der Waals surface area (Å²) in [5.74, 6) is 0. The Hall–Kier alpha value is -2.01. The molecule has 5 heteroatoms. The lowest BCUT2D eigenvalue weighted by molar-refractivity contribution is 0.586. The first kappa shape index (κ1) is 13.9. The summed E-state index contributed by atoms with van der Waals surface area (Å²) in [6.07, 6.45) is 1.71. The van der Waals surface area contributed by atoms with Crippen molar-refractivity contribution in [3.63, 3.8) is 0 Å². The Morgan fingerprint density at radius 1 is 1.14 bits per heavy atom. The van der Waals surface area contributed by atoms with Gasteiger partial charge in [-0.2, -0.15) is 0 Å². The van der Waals surface area contributed by atoms with Crippen LogP contribution in [0.3, 0.4) is 0 Å². The van der Waals surface area contributed by atoms with Gasteiger partial charge in [0.2, 0.25) is 0 Å². The summed E-state index contributed by atoms with van der Waals surface area (Å²) in [5, 5.41) is 0. The Morgan fingerprint density at radius 2 is 1.95 bits per heavy atom. The van der Waals surface area contributed by atoms with E-state index in [2.05, 4.69) is 0 Å². The molecular formula is C16H18N2O2S. The highest BCUT2D eigenvalue weighted by Crippen LogP contribution is 2.33. The van der Waals surface area contributed by atoms with Crippen LogP contribution in [0.5, 0.6) is 0 Å². The van der Waals surface area contributed by atoms with Gasteiger partial charge in [0.15, 0.2) is 0 Å². The zero-order valence-electron chi connectivity index (χ0n) is 11.9. The Morgan fingerprint density at radius 3 is 2.71 bits per heavy atom. The number of hydrogen-bond donors (Lipinski definition) is 1. The summed E-state index contributed by atoms with van der Waals surface area (Å²) in [4.78, 5) is 0.331. The van der Waals surface area contributed by atoms with E-state index in [1.165, 1.54) is 4.31 Å². The molecule has 0 saturated carbocycles. The zero-order chi connectivity index (χ0) is 15.0. The maximum absolute atomic E-state index is 12.9. The van der Waals surface area contributed by atoms with Crippen molar-refractivity contribution in [2.45, 2.75) is 24.7 Å². The van der Waals surface area contributed by atoms with Gasteiger partial charge in [0.25, 0.3) is 10.0 Å². The summed E-state index contributed by atoms with van der Waals surface area (Å²) in [6.45, 7) is 2.38. The number of rotatable bonds is 2. The van der Waals surface area contributed by atoms with E-state index in [-0.39, 0.29) is 0 Å². The second-order valence-electron chi connectivity index (χ2n) is 5.39. The van der Waals surface area contributed by atoms with Crippen LogP contribution in [-0.4, -0.2) is 15.0 Å². The number of hydrogen-bond acceptors (Lipinski definition) is 3. The second kappa shape index (κ2) is 5.07. The van der Waals surface area contributed by atoms with Crippen LogP contribution in [0.2, 0.25) is 0 Å². The van der Waals surface area contributed by atoms with Crippen LogP contribution < -0.4 is 10.0 Å². The summed E-state index contributed by atoms with van der Waals surface area (Å²) < 4.78 is 27.3. The van der Waals surface area contributed by atoms with E-state index >= 15 is 0 Å². The molecule has 0 unspecified atom stereocenters. The summed E-state index contributed by atoms with van der Waals surface area (Å²) >= 11 is 0. The predicted molar refractivity (Wildman–Crippen MR) is 84.9 cm³/mol. The predicted octanol–water partition coefficient (Wildman–Crippen LogP) is 2.72. The zero-order valence-corrected chi connectivity index (χ0v) is 12.7. The highest BCUT2D eigenvalue weighted by molar-refractivity contribution is 7.92. The Labute approximate surface area is 125 Å². The van der Waals surface area contributed by atoms with Crippen LogP contribution >= 0.6 is 0 Å². The highest BCUT2D eigenvalue weighted by atomic mass is 32.2. The SMILES string of the molecule is Cc1cccc(S(=O)(=O)N2CCCc3ccc(N)cc32)c1. The van der Waals surface area contributed by atoms with Crippen LogP contribution in [0.15, 0.2) is 47.4 Å². The lowest BCUT2D eigenvalue weighted by Gasteiger charge is -2.30. The third-order valence-corrected chi connectivity index (χ3v) is 5.57. The summed E-state index contributed by atoms with van der Waals surface area (Å²) in [5.41, 5.74) is 9.09. The van der Waals surface area contributed by atoms with Gasteiger partial charge in [0.1, 0.15) is 0 Å². The fourth-order valence-corrected chi connectivity index (χ4v) is 4.35. The third kappa shape index (κ3) is 2.49. The smallest absolute Gasteiger partial charge is 0.264 e. The van der Waals surface area contributed by atoms with Crippen LogP contribution in [0, 0.1) is 6.92 Å². The molecule has 1 heterocycles. The molecule has 0 radical (unpaired) electrons. The van der Waals surface area contributed by atoms with Gasteiger partial charge in [-0.15, -0.1) is 0 Å². The number of anilines is 2. The number of nitrogens with zero attached hydrogens (tertiary/aromatic N) is 1. The summed E-state index contributed by atoms with van der Waals surface area (Å²) in [7, 11) is -3.54.